The fraction of sp³-hybridized carbons (Fsp3) is 0.500. The Morgan fingerprint density at radius 1 is 0.504 bits per heavy atom. The van der Waals surface area contributed by atoms with Gasteiger partial charge in [-0.25, -0.2) is 42.6 Å². The fourth-order valence-corrected chi connectivity index (χ4v) is 17.7. The Labute approximate surface area is 650 Å². The molecule has 9 heterocycles. The summed E-state index contributed by atoms with van der Waals surface area (Å²) in [5.74, 6) is -0.391. The third-order valence-corrected chi connectivity index (χ3v) is 24.6. The summed E-state index contributed by atoms with van der Waals surface area (Å²) >= 11 is 9.25. The van der Waals surface area contributed by atoms with Crippen LogP contribution in [0.2, 0.25) is 0 Å². The van der Waals surface area contributed by atoms with E-state index >= 15 is 0 Å². The van der Waals surface area contributed by atoms with Crippen molar-refractivity contribution >= 4 is 91.0 Å². The van der Waals surface area contributed by atoms with Crippen LogP contribution in [0, 0.1) is 20.8 Å². The van der Waals surface area contributed by atoms with Crippen molar-refractivity contribution in [3.05, 3.63) is 192 Å². The zero-order valence-corrected chi connectivity index (χ0v) is 67.0. The number of fused-ring (bicyclic) bond motifs is 1. The third-order valence-electron chi connectivity index (χ3n) is 18.1. The molecule has 4 aliphatic heterocycles. The molecular formula is C64H82N11O31P5S2. The van der Waals surface area contributed by atoms with Crippen LogP contribution in [-0.4, -0.2) is 175 Å². The van der Waals surface area contributed by atoms with Crippen LogP contribution in [0.3, 0.4) is 0 Å². The SMILES string of the molecule is CCCCOP(=O)(O)OC1C[C@H](n2cc(C)c(=O)[nH]c2=O)O[C@@H]1COP(=O)(O)OC1C[C@H](n2cc(C)c(=O)[nH]c2=O)O[C@@H]1COP(C)(=O)OC1C[C@H](n2cnc3c(=O)[nH]cnc32)O[C@@H]1COP(=O)(O)OC1C[C@H](n2cc(C)c(=O)[nH]c2=O)O[C@@H]1COP(=O)(O)OCCCCNC(=O)c1ccc(C(S)=C(S)c2ccccc2)cc1. The minimum absolute atomic E-state index is 0.0198. The van der Waals surface area contributed by atoms with Crippen LogP contribution in [0.25, 0.3) is 21.0 Å². The molecule has 0 aliphatic carbocycles. The number of aromatic nitrogens is 10. The number of benzene rings is 2. The van der Waals surface area contributed by atoms with Crippen molar-refractivity contribution in [2.45, 2.75) is 153 Å². The molecule has 4 fully saturated rings. The van der Waals surface area contributed by atoms with Gasteiger partial charge in [0, 0.05) is 89.5 Å². The molecule has 0 bridgehead atoms. The largest absolute Gasteiger partial charge is 0.472 e. The van der Waals surface area contributed by atoms with Crippen LogP contribution >= 0.6 is 64.1 Å². The summed E-state index contributed by atoms with van der Waals surface area (Å²) in [5, 5.41) is 2.77. The van der Waals surface area contributed by atoms with Gasteiger partial charge >= 0.3 is 56.0 Å². The van der Waals surface area contributed by atoms with Gasteiger partial charge in [-0.1, -0.05) is 55.8 Å². The molecule has 0 spiro atoms. The molecule has 17 atom stereocenters. The predicted octanol–water partition coefficient (Wildman–Crippen LogP) is 5.41. The fourth-order valence-electron chi connectivity index (χ4n) is 12.3. The Morgan fingerprint density at radius 2 is 0.894 bits per heavy atom. The Morgan fingerprint density at radius 3 is 1.35 bits per heavy atom. The van der Waals surface area contributed by atoms with Gasteiger partial charge in [-0.15, -0.1) is 25.3 Å². The number of phosphoric acid groups is 4. The average molecular weight is 1720 g/mol. The Balaban J connectivity index is 0.750. The first kappa shape index (κ1) is 87.0. The highest BCUT2D eigenvalue weighted by Crippen LogP contribution is 2.56. The highest BCUT2D eigenvalue weighted by Gasteiger charge is 2.50. The molecule has 113 heavy (non-hydrogen) atoms. The quantitative estimate of drug-likeness (QED) is 0.0100. The van der Waals surface area contributed by atoms with E-state index in [1.165, 1.54) is 31.7 Å². The predicted molar refractivity (Wildman–Crippen MR) is 403 cm³/mol. The minimum Gasteiger partial charge on any atom is -0.352 e. The van der Waals surface area contributed by atoms with E-state index in [1.807, 2.05) is 30.3 Å². The summed E-state index contributed by atoms with van der Waals surface area (Å²) in [7, 11) is -25.3. The number of imidazole rings is 1. The van der Waals surface area contributed by atoms with E-state index in [1.54, 1.807) is 31.2 Å². The second-order valence-corrected chi connectivity index (χ2v) is 35.1. The van der Waals surface area contributed by atoms with Crippen LogP contribution in [0.1, 0.15) is 121 Å². The van der Waals surface area contributed by atoms with E-state index in [2.05, 4.69) is 60.5 Å². The number of aromatic amines is 4. The lowest BCUT2D eigenvalue weighted by molar-refractivity contribution is -0.0600. The first-order valence-corrected chi connectivity index (χ1v) is 43.8. The molecule has 9 unspecified atom stereocenters. The van der Waals surface area contributed by atoms with Crippen molar-refractivity contribution in [1.29, 1.82) is 0 Å². The van der Waals surface area contributed by atoms with Gasteiger partial charge in [-0.2, -0.15) is 0 Å². The van der Waals surface area contributed by atoms with Gasteiger partial charge in [-0.05, 0) is 63.3 Å². The van der Waals surface area contributed by atoms with Gasteiger partial charge in [0.25, 0.3) is 28.1 Å². The average Bonchev–Trinajstić information content (AvgIpc) is 1.66. The zero-order valence-electron chi connectivity index (χ0n) is 60.7. The number of nitrogens with one attached hydrogen (secondary N) is 5. The van der Waals surface area contributed by atoms with Gasteiger partial charge in [0.2, 0.25) is 0 Å². The monoisotopic (exact) mass is 1720 g/mol. The second kappa shape index (κ2) is 37.2. The number of rotatable bonds is 37. The number of aryl methyl sites for hydroxylation is 3. The first-order valence-electron chi connectivity index (χ1n) is 35.0. The summed E-state index contributed by atoms with van der Waals surface area (Å²) < 4.78 is 153. The van der Waals surface area contributed by atoms with Gasteiger partial charge < -0.3 is 57.9 Å². The van der Waals surface area contributed by atoms with Crippen LogP contribution < -0.4 is 44.6 Å². The van der Waals surface area contributed by atoms with E-state index in [0.717, 1.165) is 56.4 Å². The van der Waals surface area contributed by atoms with Crippen LogP contribution in [0.15, 0.2) is 119 Å². The molecule has 4 saturated heterocycles. The number of hydrogen-bond acceptors (Lipinski definition) is 31. The molecular weight excluding hydrogens is 1640 g/mol. The number of unbranched alkanes of at least 4 members (excludes halogenated alkanes) is 2. The molecule has 49 heteroatoms. The second-order valence-electron chi connectivity index (χ2n) is 26.5. The van der Waals surface area contributed by atoms with Crippen molar-refractivity contribution in [1.82, 2.24) is 53.5 Å². The van der Waals surface area contributed by atoms with Crippen molar-refractivity contribution in [2.75, 3.05) is 52.9 Å². The molecule has 9 N–H and O–H groups in total. The van der Waals surface area contributed by atoms with Crippen molar-refractivity contribution < 1.29 is 111 Å². The number of H-pyrrole nitrogens is 4. The van der Waals surface area contributed by atoms with Crippen molar-refractivity contribution in [2.24, 2.45) is 0 Å². The molecule has 5 aromatic heterocycles. The number of carbonyl (C=O) groups excluding carboxylic acids is 1. The van der Waals surface area contributed by atoms with Crippen molar-refractivity contribution in [3.8, 4) is 0 Å². The van der Waals surface area contributed by atoms with Crippen LogP contribution in [0.4, 0.5) is 0 Å². The van der Waals surface area contributed by atoms with E-state index in [-0.39, 0.29) is 73.3 Å². The minimum atomic E-state index is -5.45. The van der Waals surface area contributed by atoms with Crippen LogP contribution in [-0.2, 0) is 87.0 Å². The highest BCUT2D eigenvalue weighted by atomic mass is 32.1. The lowest BCUT2D eigenvalue weighted by Crippen LogP contribution is -2.33. The molecule has 616 valence electrons. The number of phosphoric ester groups is 4. The van der Waals surface area contributed by atoms with E-state index < -0.39 is 197 Å². The lowest BCUT2D eigenvalue weighted by atomic mass is 10.1. The molecule has 7 aromatic rings. The smallest absolute Gasteiger partial charge is 0.352 e. The maximum atomic E-state index is 14.8. The normalized spacial score (nSPS) is 25.5. The standard InChI is InChI=1S/C64H82N11O31P5S2/c1-6-7-20-94-109(87,88)104-43-24-50(73-27-36(3)58(77)70-63(73)82)101-48(43)32-98-111(91,92)105-42-23-49(72-26-35(2)57(76)69-62(72)81)99-45(42)29-95-107(5,84)103-41-22-52(75-34-68-53-56(75)66-33-67-61(53)80)102-46(41)31-97-110(89,90)106-44-25-51(74-28-37(4)59(78)71-64(74)83)100-47(44)30-96-108(85,86)93-21-12-11-19-65-60(79)40-17-15-39(16-18-40)55(113)54(112)38-13-9-8-10-14-38/h8-10,13-18,26-28,33-34,41-52,112-113H,6-7,11-12,19-25,29-32H2,1-5H3,(H,65,79)(H,85,86)(H,87,88)(H,89,90)(H,91,92)(H,66,67,80)(H,69,76,81)(H,70,77,82)(H,71,78,83)/t41?,42?,43?,44?,45-,46-,47-,48-,49-,50-,51-,52-,107?/m1/s1. The number of carbonyl (C=O) groups is 1. The molecule has 42 nitrogen and oxygen atoms in total. The molecule has 11 rings (SSSR count). The maximum absolute atomic E-state index is 14.8. The number of nitrogens with zero attached hydrogens (tertiary/aromatic N) is 6. The molecule has 4 aliphatic rings. The summed E-state index contributed by atoms with van der Waals surface area (Å²) in [6.45, 7) is 2.87. The van der Waals surface area contributed by atoms with Gasteiger partial charge in [0.15, 0.2) is 11.2 Å². The Bertz CT molecular complexity index is 5330. The van der Waals surface area contributed by atoms with Crippen molar-refractivity contribution in [3.63, 3.8) is 0 Å². The summed E-state index contributed by atoms with van der Waals surface area (Å²) in [6, 6.07) is 16.1. The van der Waals surface area contributed by atoms with E-state index in [9.17, 15) is 80.8 Å². The number of amides is 1. The topological polar surface area (TPSA) is 553 Å². The number of ether oxygens (including phenoxy) is 4. The zero-order chi connectivity index (χ0) is 81.5. The molecule has 0 saturated carbocycles. The van der Waals surface area contributed by atoms with E-state index in [4.69, 9.17) is 64.2 Å². The van der Waals surface area contributed by atoms with Gasteiger partial charge in [0.1, 0.15) is 67.6 Å². The number of thiol groups is 2. The molecule has 0 radical (unpaired) electrons. The Hall–Kier alpha value is -6.83. The molecule has 2 aromatic carbocycles. The Kier molecular flexibility index (Phi) is 28.6. The van der Waals surface area contributed by atoms with Gasteiger partial charge in [-0.3, -0.25) is 97.9 Å². The lowest BCUT2D eigenvalue weighted by Gasteiger charge is -2.26. The summed E-state index contributed by atoms with van der Waals surface area (Å²) in [4.78, 5) is 165. The molecule has 1 amide bonds. The third kappa shape index (κ3) is 22.7. The number of hydrogen-bond donors (Lipinski definition) is 11. The first-order chi connectivity index (χ1) is 53.4. The summed E-state index contributed by atoms with van der Waals surface area (Å²) in [5.41, 5.74) is -3.83. The van der Waals surface area contributed by atoms with Gasteiger partial charge in [0.05, 0.1) is 58.4 Å². The maximum Gasteiger partial charge on any atom is 0.472 e. The van der Waals surface area contributed by atoms with E-state index in [0.29, 0.717) is 28.2 Å². The highest BCUT2D eigenvalue weighted by molar-refractivity contribution is 7.96. The summed E-state index contributed by atoms with van der Waals surface area (Å²) in [6.07, 6.45) is -12.4. The van der Waals surface area contributed by atoms with Crippen LogP contribution in [0.5, 0.6) is 0 Å².